The summed E-state index contributed by atoms with van der Waals surface area (Å²) in [7, 11) is 0. The van der Waals surface area contributed by atoms with Crippen LogP contribution in [0.1, 0.15) is 368 Å². The molecule has 0 unspecified atom stereocenters. The van der Waals surface area contributed by atoms with Gasteiger partial charge in [-0.15, -0.1) is 0 Å². The van der Waals surface area contributed by atoms with Crippen LogP contribution in [0.15, 0.2) is 0 Å². The molecule has 0 amide bonds. The Morgan fingerprint density at radius 1 is 0.271 bits per heavy atom. The summed E-state index contributed by atoms with van der Waals surface area (Å²) in [5, 5.41) is 0. The van der Waals surface area contributed by atoms with Crippen LogP contribution in [0.25, 0.3) is 0 Å². The maximum absolute atomic E-state index is 12.9. The van der Waals surface area contributed by atoms with Gasteiger partial charge in [0.25, 0.3) is 0 Å². The van der Waals surface area contributed by atoms with E-state index in [2.05, 4.69) is 27.7 Å². The normalized spacial score (nSPS) is 12.0. The van der Waals surface area contributed by atoms with Crippen molar-refractivity contribution in [2.75, 3.05) is 13.2 Å². The Bertz CT molecular complexity index is 1060. The molecule has 0 saturated heterocycles. The van der Waals surface area contributed by atoms with Gasteiger partial charge in [0.2, 0.25) is 0 Å². The van der Waals surface area contributed by atoms with Crippen molar-refractivity contribution >= 4 is 17.9 Å². The van der Waals surface area contributed by atoms with Gasteiger partial charge in [0, 0.05) is 19.3 Å². The Balaban J connectivity index is 4.24. The molecule has 0 fully saturated rings. The van der Waals surface area contributed by atoms with Crippen molar-refractivity contribution in [3.05, 3.63) is 0 Å². The summed E-state index contributed by atoms with van der Waals surface area (Å²) in [6, 6.07) is 0. The summed E-state index contributed by atoms with van der Waals surface area (Å²) in [5.41, 5.74) is 0. The zero-order chi connectivity index (χ0) is 50.9. The second-order valence-electron chi connectivity index (χ2n) is 22.5. The Kier molecular flexibility index (Phi) is 57.0. The van der Waals surface area contributed by atoms with E-state index in [1.807, 2.05) is 0 Å². The first kappa shape index (κ1) is 68.4. The lowest BCUT2D eigenvalue weighted by Crippen LogP contribution is -2.30. The van der Waals surface area contributed by atoms with Gasteiger partial charge >= 0.3 is 17.9 Å². The van der Waals surface area contributed by atoms with E-state index < -0.39 is 6.10 Å². The van der Waals surface area contributed by atoms with E-state index in [4.69, 9.17) is 14.2 Å². The predicted molar refractivity (Wildman–Crippen MR) is 303 cm³/mol. The van der Waals surface area contributed by atoms with Crippen molar-refractivity contribution in [1.29, 1.82) is 0 Å². The minimum Gasteiger partial charge on any atom is -0.462 e. The Morgan fingerprint density at radius 3 is 0.700 bits per heavy atom. The molecule has 0 heterocycles. The molecular formula is C64H124O6. The largest absolute Gasteiger partial charge is 0.462 e. The standard InChI is InChI=1S/C64H124O6/c1-5-7-9-11-13-15-17-19-20-21-25-29-33-37-41-45-49-53-57-64(67)70-61(58-68-62(65)55-51-47-43-39-35-30-18-16-14-12-10-8-6-2)59-69-63(66)56-52-48-44-40-36-32-28-26-23-22-24-27-31-34-38-42-46-50-54-60(3)4/h60-61H,5-59H2,1-4H3/t61-/m1/s1. The number of hydrogen-bond acceptors (Lipinski definition) is 6. The fourth-order valence-corrected chi connectivity index (χ4v) is 9.99. The van der Waals surface area contributed by atoms with Crippen LogP contribution in [0.5, 0.6) is 0 Å². The Morgan fingerprint density at radius 2 is 0.471 bits per heavy atom. The molecule has 0 aliphatic heterocycles. The van der Waals surface area contributed by atoms with Crippen LogP contribution < -0.4 is 0 Å². The van der Waals surface area contributed by atoms with Crippen molar-refractivity contribution in [3.63, 3.8) is 0 Å². The third-order valence-corrected chi connectivity index (χ3v) is 14.8. The molecular weight excluding hydrogens is 865 g/mol. The summed E-state index contributed by atoms with van der Waals surface area (Å²) in [6.07, 6.45) is 65.3. The van der Waals surface area contributed by atoms with Crippen molar-refractivity contribution in [3.8, 4) is 0 Å². The van der Waals surface area contributed by atoms with Gasteiger partial charge in [-0.3, -0.25) is 14.4 Å². The second-order valence-corrected chi connectivity index (χ2v) is 22.5. The first-order chi connectivity index (χ1) is 34.4. The molecule has 1 atom stereocenters. The Hall–Kier alpha value is -1.59. The highest BCUT2D eigenvalue weighted by Crippen LogP contribution is 2.19. The topological polar surface area (TPSA) is 78.9 Å². The zero-order valence-electron chi connectivity index (χ0n) is 48.0. The summed E-state index contributed by atoms with van der Waals surface area (Å²) in [5.74, 6) is 0.0313. The molecule has 0 bridgehead atoms. The second kappa shape index (κ2) is 58.3. The van der Waals surface area contributed by atoms with Gasteiger partial charge in [-0.1, -0.05) is 329 Å². The SMILES string of the molecule is CCCCCCCCCCCCCCCCCCCCC(=O)O[C@H](COC(=O)CCCCCCCCCCCCCCC)COC(=O)CCCCCCCCCCCCCCCCCCCCC(C)C. The average molecular weight is 990 g/mol. The fourth-order valence-electron chi connectivity index (χ4n) is 9.99. The molecule has 0 aromatic rings. The highest BCUT2D eigenvalue weighted by atomic mass is 16.6. The lowest BCUT2D eigenvalue weighted by atomic mass is 10.0. The predicted octanol–water partition coefficient (Wildman–Crippen LogP) is 21.4. The average Bonchev–Trinajstić information content (AvgIpc) is 3.35. The van der Waals surface area contributed by atoms with Crippen LogP contribution in [0.2, 0.25) is 0 Å². The first-order valence-electron chi connectivity index (χ1n) is 31.9. The molecule has 0 saturated carbocycles. The van der Waals surface area contributed by atoms with Crippen molar-refractivity contribution < 1.29 is 28.6 Å². The van der Waals surface area contributed by atoms with E-state index in [-0.39, 0.29) is 31.1 Å². The van der Waals surface area contributed by atoms with E-state index >= 15 is 0 Å². The molecule has 0 radical (unpaired) electrons. The number of hydrogen-bond donors (Lipinski definition) is 0. The molecule has 0 aliphatic carbocycles. The highest BCUT2D eigenvalue weighted by molar-refractivity contribution is 5.71. The van der Waals surface area contributed by atoms with Gasteiger partial charge in [0.15, 0.2) is 6.10 Å². The van der Waals surface area contributed by atoms with Crippen LogP contribution >= 0.6 is 0 Å². The number of unbranched alkanes of at least 4 members (excludes halogenated alkanes) is 46. The van der Waals surface area contributed by atoms with E-state index in [9.17, 15) is 14.4 Å². The maximum atomic E-state index is 12.9. The van der Waals surface area contributed by atoms with Gasteiger partial charge in [0.1, 0.15) is 13.2 Å². The molecule has 6 heteroatoms. The number of esters is 3. The lowest BCUT2D eigenvalue weighted by molar-refractivity contribution is -0.167. The van der Waals surface area contributed by atoms with Crippen LogP contribution in [0, 0.1) is 5.92 Å². The van der Waals surface area contributed by atoms with Crippen molar-refractivity contribution in [2.45, 2.75) is 374 Å². The fraction of sp³-hybridized carbons (Fsp3) is 0.953. The minimum absolute atomic E-state index is 0.0611. The number of rotatable bonds is 59. The summed E-state index contributed by atoms with van der Waals surface area (Å²) in [6.45, 7) is 9.10. The van der Waals surface area contributed by atoms with E-state index in [1.54, 1.807) is 0 Å². The molecule has 0 aromatic carbocycles. The van der Waals surface area contributed by atoms with Crippen LogP contribution in [0.3, 0.4) is 0 Å². The highest BCUT2D eigenvalue weighted by Gasteiger charge is 2.19. The molecule has 0 aliphatic rings. The molecule has 416 valence electrons. The summed E-state index contributed by atoms with van der Waals surface area (Å²) >= 11 is 0. The molecule has 6 nitrogen and oxygen atoms in total. The van der Waals surface area contributed by atoms with Gasteiger partial charge in [0.05, 0.1) is 0 Å². The minimum atomic E-state index is -0.762. The maximum Gasteiger partial charge on any atom is 0.306 e. The van der Waals surface area contributed by atoms with Gasteiger partial charge < -0.3 is 14.2 Å². The number of carbonyl (C=O) groups excluding carboxylic acids is 3. The van der Waals surface area contributed by atoms with Gasteiger partial charge in [-0.25, -0.2) is 0 Å². The smallest absolute Gasteiger partial charge is 0.306 e. The molecule has 70 heavy (non-hydrogen) atoms. The van der Waals surface area contributed by atoms with Gasteiger partial charge in [-0.05, 0) is 25.2 Å². The Labute approximate surface area is 438 Å². The monoisotopic (exact) mass is 989 g/mol. The van der Waals surface area contributed by atoms with Crippen LogP contribution in [0.4, 0.5) is 0 Å². The van der Waals surface area contributed by atoms with E-state index in [1.165, 1.54) is 263 Å². The lowest BCUT2D eigenvalue weighted by Gasteiger charge is -2.18. The van der Waals surface area contributed by atoms with E-state index in [0.29, 0.717) is 19.3 Å². The quantitative estimate of drug-likeness (QED) is 0.0343. The zero-order valence-corrected chi connectivity index (χ0v) is 48.0. The number of ether oxygens (including phenoxy) is 3. The molecule has 0 aromatic heterocycles. The third kappa shape index (κ3) is 57.3. The first-order valence-corrected chi connectivity index (χ1v) is 31.9. The van der Waals surface area contributed by atoms with Crippen molar-refractivity contribution in [2.24, 2.45) is 5.92 Å². The van der Waals surface area contributed by atoms with E-state index in [0.717, 1.165) is 63.7 Å². The van der Waals surface area contributed by atoms with Crippen LogP contribution in [-0.4, -0.2) is 37.2 Å². The van der Waals surface area contributed by atoms with Crippen molar-refractivity contribution in [1.82, 2.24) is 0 Å². The molecule has 0 N–H and O–H groups in total. The number of carbonyl (C=O) groups is 3. The van der Waals surface area contributed by atoms with Crippen LogP contribution in [-0.2, 0) is 28.6 Å². The van der Waals surface area contributed by atoms with Gasteiger partial charge in [-0.2, -0.15) is 0 Å². The summed E-state index contributed by atoms with van der Waals surface area (Å²) < 4.78 is 16.9. The molecule has 0 rings (SSSR count). The third-order valence-electron chi connectivity index (χ3n) is 14.8. The molecule has 0 spiro atoms. The summed E-state index contributed by atoms with van der Waals surface area (Å²) in [4.78, 5) is 38.3.